The van der Waals surface area contributed by atoms with Gasteiger partial charge >= 0.3 is 0 Å². The Kier molecular flexibility index (Phi) is 6.90. The molecule has 5 rings (SSSR count). The third kappa shape index (κ3) is 5.19. The fourth-order valence-corrected chi connectivity index (χ4v) is 8.57. The summed E-state index contributed by atoms with van der Waals surface area (Å²) in [7, 11) is -7.56. The molecule has 1 N–H and O–H groups in total. The highest BCUT2D eigenvalue weighted by molar-refractivity contribution is 7.92. The number of pyridine rings is 1. The highest BCUT2D eigenvalue weighted by atomic mass is 32.2. The fraction of sp³-hybridized carbons (Fsp3) is 0.222. The molecule has 9 heteroatoms. The van der Waals surface area contributed by atoms with Crippen LogP contribution in [0, 0.1) is 0 Å². The molecule has 1 aliphatic rings. The van der Waals surface area contributed by atoms with Crippen molar-refractivity contribution in [2.45, 2.75) is 30.1 Å². The molecule has 1 aromatic heterocycles. The fourth-order valence-electron chi connectivity index (χ4n) is 4.71. The minimum Gasteiger partial charge on any atom is -0.307 e. The van der Waals surface area contributed by atoms with Gasteiger partial charge in [0.25, 0.3) is 0 Å². The predicted molar refractivity (Wildman–Crippen MR) is 140 cm³/mol. The van der Waals surface area contributed by atoms with Gasteiger partial charge in [0.05, 0.1) is 23.1 Å². The van der Waals surface area contributed by atoms with Gasteiger partial charge in [-0.15, -0.1) is 0 Å². The average molecular weight is 522 g/mol. The predicted octanol–water partition coefficient (Wildman–Crippen LogP) is 3.38. The third-order valence-electron chi connectivity index (χ3n) is 6.47. The van der Waals surface area contributed by atoms with Gasteiger partial charge in [-0.05, 0) is 23.3 Å². The van der Waals surface area contributed by atoms with E-state index in [9.17, 15) is 16.8 Å². The molecule has 1 aliphatic heterocycles. The molecule has 4 aromatic rings. The number of fused-ring (bicyclic) bond motifs is 1. The molecule has 186 valence electrons. The Hall–Kier alpha value is -3.11. The lowest BCUT2D eigenvalue weighted by molar-refractivity contribution is 0.287. The molecule has 2 heterocycles. The Morgan fingerprint density at radius 1 is 0.833 bits per heavy atom. The largest absolute Gasteiger partial charge is 0.307 e. The van der Waals surface area contributed by atoms with Crippen molar-refractivity contribution in [2.24, 2.45) is 0 Å². The number of rotatable bonds is 8. The third-order valence-corrected chi connectivity index (χ3v) is 10.1. The lowest BCUT2D eigenvalue weighted by Crippen LogP contribution is -2.51. The van der Waals surface area contributed by atoms with E-state index in [4.69, 9.17) is 0 Å². The first-order valence-corrected chi connectivity index (χ1v) is 15.0. The molecule has 0 aliphatic carbocycles. The van der Waals surface area contributed by atoms with Gasteiger partial charge in [-0.25, -0.2) is 16.8 Å². The number of nitrogens with zero attached hydrogens (tertiary/aromatic N) is 2. The summed E-state index contributed by atoms with van der Waals surface area (Å²) in [5.74, 6) is -0.372. The van der Waals surface area contributed by atoms with Crippen LogP contribution in [0.4, 0.5) is 0 Å². The van der Waals surface area contributed by atoms with Crippen molar-refractivity contribution in [2.75, 3.05) is 11.5 Å². The van der Waals surface area contributed by atoms with Gasteiger partial charge in [0.2, 0.25) is 10.0 Å². The minimum atomic E-state index is -4.11. The Labute approximate surface area is 211 Å². The summed E-state index contributed by atoms with van der Waals surface area (Å²) in [6.07, 6.45) is 1.56. The van der Waals surface area contributed by atoms with E-state index < -0.39 is 31.9 Å². The Bertz CT molecular complexity index is 1560. The van der Waals surface area contributed by atoms with Crippen molar-refractivity contribution in [3.05, 3.63) is 108 Å². The van der Waals surface area contributed by atoms with E-state index >= 15 is 0 Å². The number of aromatic nitrogens is 1. The molecule has 0 radical (unpaired) electrons. The Balaban J connectivity index is 1.57. The van der Waals surface area contributed by atoms with E-state index in [-0.39, 0.29) is 22.9 Å². The average Bonchev–Trinajstić information content (AvgIpc) is 3.20. The highest BCUT2D eigenvalue weighted by Crippen LogP contribution is 2.30. The molecule has 1 fully saturated rings. The van der Waals surface area contributed by atoms with E-state index in [2.05, 4.69) is 10.3 Å². The maximum absolute atomic E-state index is 14.2. The topological polar surface area (TPSA) is 96.4 Å². The summed E-state index contributed by atoms with van der Waals surface area (Å²) in [6, 6.07) is 26.2. The zero-order valence-corrected chi connectivity index (χ0v) is 21.2. The van der Waals surface area contributed by atoms with E-state index in [1.54, 1.807) is 24.4 Å². The van der Waals surface area contributed by atoms with E-state index in [1.807, 2.05) is 72.8 Å². The van der Waals surface area contributed by atoms with Crippen molar-refractivity contribution >= 4 is 30.8 Å². The van der Waals surface area contributed by atoms with Gasteiger partial charge in [0, 0.05) is 30.7 Å². The van der Waals surface area contributed by atoms with Crippen molar-refractivity contribution < 1.29 is 16.8 Å². The van der Waals surface area contributed by atoms with Crippen LogP contribution in [0.2, 0.25) is 0 Å². The van der Waals surface area contributed by atoms with Gasteiger partial charge < -0.3 is 5.32 Å². The SMILES string of the molecule is O=S1(=O)C[C@@H](N(Cc2ccccc2)S(=O)(=O)c2cccc3cccnc23)[C@H](NCc2ccccc2)C1. The summed E-state index contributed by atoms with van der Waals surface area (Å²) in [5.41, 5.74) is 2.14. The van der Waals surface area contributed by atoms with Crippen LogP contribution in [-0.2, 0) is 33.0 Å². The number of hydrogen-bond donors (Lipinski definition) is 1. The maximum Gasteiger partial charge on any atom is 0.245 e. The van der Waals surface area contributed by atoms with Gasteiger partial charge in [-0.1, -0.05) is 78.9 Å². The molecule has 0 unspecified atom stereocenters. The van der Waals surface area contributed by atoms with Crippen LogP contribution in [0.5, 0.6) is 0 Å². The lowest BCUT2D eigenvalue weighted by Gasteiger charge is -2.32. The first kappa shape index (κ1) is 24.6. The summed E-state index contributed by atoms with van der Waals surface area (Å²) in [4.78, 5) is 4.42. The molecule has 0 spiro atoms. The summed E-state index contributed by atoms with van der Waals surface area (Å²) in [6.45, 7) is 0.489. The molecule has 0 amide bonds. The molecular formula is C27H27N3O4S2. The second-order valence-corrected chi connectivity index (χ2v) is 13.0. The quantitative estimate of drug-likeness (QED) is 0.382. The number of sulfone groups is 1. The molecule has 0 bridgehead atoms. The molecule has 7 nitrogen and oxygen atoms in total. The number of sulfonamides is 1. The normalized spacial score (nSPS) is 19.6. The molecule has 3 aromatic carbocycles. The highest BCUT2D eigenvalue weighted by Gasteiger charge is 2.45. The van der Waals surface area contributed by atoms with Crippen LogP contribution >= 0.6 is 0 Å². The van der Waals surface area contributed by atoms with Gasteiger partial charge in [-0.2, -0.15) is 4.31 Å². The summed E-state index contributed by atoms with van der Waals surface area (Å²) >= 11 is 0. The van der Waals surface area contributed by atoms with E-state index in [1.165, 1.54) is 4.31 Å². The van der Waals surface area contributed by atoms with Crippen molar-refractivity contribution in [3.63, 3.8) is 0 Å². The molecule has 36 heavy (non-hydrogen) atoms. The van der Waals surface area contributed by atoms with E-state index in [0.29, 0.717) is 17.4 Å². The van der Waals surface area contributed by atoms with Gasteiger partial charge in [0.1, 0.15) is 4.90 Å². The second-order valence-electron chi connectivity index (χ2n) is 8.98. The molecule has 0 saturated carbocycles. The molecule has 2 atom stereocenters. The Morgan fingerprint density at radius 2 is 1.50 bits per heavy atom. The van der Waals surface area contributed by atoms with Crippen LogP contribution < -0.4 is 5.32 Å². The van der Waals surface area contributed by atoms with Crippen molar-refractivity contribution in [1.29, 1.82) is 0 Å². The Morgan fingerprint density at radius 3 is 2.22 bits per heavy atom. The van der Waals surface area contributed by atoms with Gasteiger partial charge in [0.15, 0.2) is 9.84 Å². The monoisotopic (exact) mass is 521 g/mol. The number of nitrogens with one attached hydrogen (secondary N) is 1. The van der Waals surface area contributed by atoms with Gasteiger partial charge in [-0.3, -0.25) is 4.98 Å². The summed E-state index contributed by atoms with van der Waals surface area (Å²) in [5, 5.41) is 4.03. The first-order chi connectivity index (χ1) is 17.3. The first-order valence-electron chi connectivity index (χ1n) is 11.7. The van der Waals surface area contributed by atoms with Crippen LogP contribution in [0.25, 0.3) is 10.9 Å². The number of benzene rings is 3. The zero-order valence-electron chi connectivity index (χ0n) is 19.6. The lowest BCUT2D eigenvalue weighted by atomic mass is 10.1. The second kappa shape index (κ2) is 10.1. The minimum absolute atomic E-state index is 0.0517. The zero-order chi connectivity index (χ0) is 25.2. The summed E-state index contributed by atoms with van der Waals surface area (Å²) < 4.78 is 55.5. The van der Waals surface area contributed by atoms with E-state index in [0.717, 1.165) is 11.1 Å². The van der Waals surface area contributed by atoms with Crippen LogP contribution in [-0.4, -0.2) is 49.7 Å². The van der Waals surface area contributed by atoms with Crippen molar-refractivity contribution in [3.8, 4) is 0 Å². The van der Waals surface area contributed by atoms with Crippen molar-refractivity contribution in [1.82, 2.24) is 14.6 Å². The number of para-hydroxylation sites is 1. The number of hydrogen-bond acceptors (Lipinski definition) is 6. The maximum atomic E-state index is 14.2. The standard InChI is InChI=1S/C27H27N3O4S2/c31-35(32)19-24(29-17-21-9-3-1-4-10-21)25(20-35)30(18-22-11-5-2-6-12-22)36(33,34)26-15-7-13-23-14-8-16-28-27(23)26/h1-16,24-25,29H,17-20H2/t24-,25-/m1/s1. The smallest absolute Gasteiger partial charge is 0.245 e. The van der Waals surface area contributed by atoms with Crippen LogP contribution in [0.15, 0.2) is 102 Å². The molecule has 1 saturated heterocycles. The van der Waals surface area contributed by atoms with Crippen LogP contribution in [0.3, 0.4) is 0 Å². The molecular weight excluding hydrogens is 494 g/mol. The van der Waals surface area contributed by atoms with Crippen LogP contribution in [0.1, 0.15) is 11.1 Å².